The first-order valence-electron chi connectivity index (χ1n) is 11.6. The second kappa shape index (κ2) is 10.5. The van der Waals surface area contributed by atoms with E-state index >= 15 is 0 Å². The maximum atomic E-state index is 13.0. The highest BCUT2D eigenvalue weighted by atomic mass is 16.1. The number of allylic oxidation sites excluding steroid dienone is 3. The number of hydrogen-bond donors (Lipinski definition) is 1. The number of rotatable bonds is 7. The van der Waals surface area contributed by atoms with Crippen molar-refractivity contribution in [1.29, 1.82) is 0 Å². The monoisotopic (exact) mass is 469 g/mol. The Bertz CT molecular complexity index is 1450. The second-order valence-electron chi connectivity index (χ2n) is 8.12. The van der Waals surface area contributed by atoms with E-state index in [4.69, 9.17) is 0 Å². The molecule has 0 atom stereocenters. The molecule has 4 aromatic carbocycles. The van der Waals surface area contributed by atoms with Crippen LogP contribution in [0.4, 0.5) is 17.1 Å². The van der Waals surface area contributed by atoms with Gasteiger partial charge in [0.25, 0.3) is 0 Å². The first kappa shape index (κ1) is 22.7. The molecular weight excluding hydrogens is 446 g/mol. The normalized spacial score (nSPS) is 13.1. The van der Waals surface area contributed by atoms with Crippen LogP contribution in [0.3, 0.4) is 0 Å². The molecule has 36 heavy (non-hydrogen) atoms. The molecule has 1 N–H and O–H groups in total. The molecule has 0 radical (unpaired) electrons. The smallest absolute Gasteiger partial charge is 0.210 e. The highest BCUT2D eigenvalue weighted by Gasteiger charge is 2.25. The van der Waals surface area contributed by atoms with Crippen LogP contribution in [0.5, 0.6) is 0 Å². The van der Waals surface area contributed by atoms with Crippen molar-refractivity contribution in [3.05, 3.63) is 144 Å². The summed E-state index contributed by atoms with van der Waals surface area (Å²) in [4.78, 5) is 25.5. The lowest BCUT2D eigenvalue weighted by atomic mass is 9.92. The van der Waals surface area contributed by atoms with E-state index in [1.165, 1.54) is 6.08 Å². The number of hydrogen-bond acceptors (Lipinski definition) is 5. The van der Waals surface area contributed by atoms with Crippen LogP contribution in [-0.4, -0.2) is 17.8 Å². The van der Waals surface area contributed by atoms with Gasteiger partial charge in [-0.05, 0) is 42.0 Å². The van der Waals surface area contributed by atoms with E-state index in [-0.39, 0.29) is 17.3 Å². The molecule has 0 aliphatic heterocycles. The van der Waals surface area contributed by atoms with Gasteiger partial charge in [0, 0.05) is 29.1 Å². The maximum Gasteiger partial charge on any atom is 0.210 e. The van der Waals surface area contributed by atoms with E-state index in [0.717, 1.165) is 22.6 Å². The van der Waals surface area contributed by atoms with Gasteiger partial charge in [-0.15, -0.1) is 0 Å². The molecule has 0 amide bonds. The Hall–Kier alpha value is -5.03. The summed E-state index contributed by atoms with van der Waals surface area (Å²) in [5.74, 6) is -0.387. The molecule has 5 rings (SSSR count). The minimum atomic E-state index is -0.202. The lowest BCUT2D eigenvalue weighted by Crippen LogP contribution is -2.21. The fourth-order valence-electron chi connectivity index (χ4n) is 3.98. The molecule has 0 unspecified atom stereocenters. The van der Waals surface area contributed by atoms with Gasteiger partial charge >= 0.3 is 0 Å². The average molecular weight is 470 g/mol. The molecule has 1 aliphatic rings. The number of nitrogens with one attached hydrogen (secondary N) is 1. The zero-order valence-corrected chi connectivity index (χ0v) is 19.4. The number of carbonyl (C=O) groups excluding carboxylic acids is 2. The Morgan fingerprint density at radius 1 is 0.667 bits per heavy atom. The Morgan fingerprint density at radius 2 is 1.25 bits per heavy atom. The van der Waals surface area contributed by atoms with Gasteiger partial charge in [-0.3, -0.25) is 9.59 Å². The first-order valence-corrected chi connectivity index (χ1v) is 11.6. The van der Waals surface area contributed by atoms with Gasteiger partial charge in [-0.2, -0.15) is 5.10 Å². The molecule has 0 heterocycles. The van der Waals surface area contributed by atoms with Crippen LogP contribution in [0.2, 0.25) is 0 Å². The van der Waals surface area contributed by atoms with E-state index in [2.05, 4.69) is 10.4 Å². The Labute approximate surface area is 209 Å². The minimum absolute atomic E-state index is 0.185. The number of nitrogens with zero attached hydrogens (tertiary/aromatic N) is 2. The number of carbonyl (C=O) groups is 2. The molecule has 5 heteroatoms. The molecule has 4 aromatic rings. The van der Waals surface area contributed by atoms with Crippen molar-refractivity contribution in [3.8, 4) is 0 Å². The molecule has 0 spiro atoms. The quantitative estimate of drug-likeness (QED) is 0.236. The van der Waals surface area contributed by atoms with Gasteiger partial charge in [0.2, 0.25) is 5.78 Å². The van der Waals surface area contributed by atoms with Crippen molar-refractivity contribution >= 4 is 40.9 Å². The van der Waals surface area contributed by atoms with Crippen molar-refractivity contribution in [3.63, 3.8) is 0 Å². The van der Waals surface area contributed by atoms with Gasteiger partial charge in [-0.1, -0.05) is 84.9 Å². The van der Waals surface area contributed by atoms with Gasteiger partial charge < -0.3 is 5.32 Å². The second-order valence-corrected chi connectivity index (χ2v) is 8.12. The van der Waals surface area contributed by atoms with Crippen molar-refractivity contribution in [2.24, 2.45) is 5.10 Å². The topological polar surface area (TPSA) is 61.8 Å². The number of ketones is 2. The number of Topliss-reactive ketones (excluding diaryl/α,β-unsaturated/α-hetero) is 1. The van der Waals surface area contributed by atoms with E-state index in [0.29, 0.717) is 11.1 Å². The third kappa shape index (κ3) is 4.91. The molecule has 174 valence electrons. The van der Waals surface area contributed by atoms with Crippen LogP contribution in [0, 0.1) is 0 Å². The molecular formula is C31H23N3O2. The molecule has 0 bridgehead atoms. The number of fused-ring (bicyclic) bond motifs is 1. The molecule has 5 nitrogen and oxygen atoms in total. The van der Waals surface area contributed by atoms with Crippen LogP contribution in [0.15, 0.2) is 132 Å². The summed E-state index contributed by atoms with van der Waals surface area (Å²) in [6, 6.07) is 34.3. The van der Waals surface area contributed by atoms with E-state index in [9.17, 15) is 9.59 Å². The predicted octanol–water partition coefficient (Wildman–Crippen LogP) is 6.90. The summed E-state index contributed by atoms with van der Waals surface area (Å²) in [5, 5.41) is 9.68. The molecule has 0 aromatic heterocycles. The molecule has 1 aliphatic carbocycles. The van der Waals surface area contributed by atoms with Crippen LogP contribution >= 0.6 is 0 Å². The molecule has 0 fully saturated rings. The summed E-state index contributed by atoms with van der Waals surface area (Å²) < 4.78 is 0. The molecule has 0 saturated carbocycles. The fraction of sp³-hybridized carbons (Fsp3) is 0. The maximum absolute atomic E-state index is 13.0. The number of anilines is 3. The van der Waals surface area contributed by atoms with Crippen molar-refractivity contribution in [2.75, 3.05) is 10.3 Å². The SMILES string of the molecule is O=C1C=C(Nc2ccccc2/C=C/C=N/N(c2ccccc2)c2ccccc2)C(=O)c2ccccc21. The van der Waals surface area contributed by atoms with Crippen LogP contribution < -0.4 is 10.3 Å². The fourth-order valence-corrected chi connectivity index (χ4v) is 3.98. The zero-order chi connectivity index (χ0) is 24.7. The van der Waals surface area contributed by atoms with Crippen molar-refractivity contribution in [1.82, 2.24) is 0 Å². The van der Waals surface area contributed by atoms with Crippen molar-refractivity contribution < 1.29 is 9.59 Å². The standard InChI is InChI=1S/C31H23N3O2/c35-30-22-29(31(36)27-19-9-8-18-26(27)30)33-28-20-10-7-12-23(28)13-11-21-32-34(24-14-3-1-4-15-24)25-16-5-2-6-17-25/h1-22,33H/b13-11+,32-21+. The van der Waals surface area contributed by atoms with E-state index in [1.807, 2.05) is 102 Å². The van der Waals surface area contributed by atoms with Crippen LogP contribution in [-0.2, 0) is 0 Å². The van der Waals surface area contributed by atoms with Crippen molar-refractivity contribution in [2.45, 2.75) is 0 Å². The van der Waals surface area contributed by atoms with E-state index in [1.54, 1.807) is 30.5 Å². The van der Waals surface area contributed by atoms with Gasteiger partial charge in [0.1, 0.15) is 0 Å². The molecule has 0 saturated heterocycles. The summed E-state index contributed by atoms with van der Waals surface area (Å²) in [6.45, 7) is 0. The third-order valence-corrected chi connectivity index (χ3v) is 5.73. The Morgan fingerprint density at radius 3 is 1.94 bits per heavy atom. The number of para-hydroxylation sites is 3. The van der Waals surface area contributed by atoms with Crippen LogP contribution in [0.1, 0.15) is 26.3 Å². The van der Waals surface area contributed by atoms with Crippen LogP contribution in [0.25, 0.3) is 6.08 Å². The zero-order valence-electron chi connectivity index (χ0n) is 19.4. The lowest BCUT2D eigenvalue weighted by molar-refractivity contribution is 0.0985. The predicted molar refractivity (Wildman–Crippen MR) is 146 cm³/mol. The first-order chi connectivity index (χ1) is 17.7. The van der Waals surface area contributed by atoms with Gasteiger partial charge in [0.15, 0.2) is 5.78 Å². The van der Waals surface area contributed by atoms with Gasteiger partial charge in [-0.25, -0.2) is 5.01 Å². The number of hydrazone groups is 1. The van der Waals surface area contributed by atoms with Gasteiger partial charge in [0.05, 0.1) is 17.1 Å². The third-order valence-electron chi connectivity index (χ3n) is 5.73. The minimum Gasteiger partial charge on any atom is -0.352 e. The highest BCUT2D eigenvalue weighted by Crippen LogP contribution is 2.26. The number of benzene rings is 4. The highest BCUT2D eigenvalue weighted by molar-refractivity contribution is 6.25. The lowest BCUT2D eigenvalue weighted by Gasteiger charge is -2.18. The Balaban J connectivity index is 1.37. The average Bonchev–Trinajstić information content (AvgIpc) is 2.93. The summed E-state index contributed by atoms with van der Waals surface area (Å²) in [6.07, 6.45) is 6.84. The summed E-state index contributed by atoms with van der Waals surface area (Å²) in [5.41, 5.74) is 4.57. The summed E-state index contributed by atoms with van der Waals surface area (Å²) in [7, 11) is 0. The summed E-state index contributed by atoms with van der Waals surface area (Å²) >= 11 is 0. The largest absolute Gasteiger partial charge is 0.352 e. The van der Waals surface area contributed by atoms with E-state index < -0.39 is 0 Å². The Kier molecular flexibility index (Phi) is 6.63.